The Balaban J connectivity index is -0.00000111. The number of primary amides is 1. The Morgan fingerprint density at radius 3 is 1.20 bits per heavy atom. The number of ether oxygens (including phenoxy) is 9. The second kappa shape index (κ2) is 44.0. The molecule has 0 saturated carbocycles. The molecule has 4 saturated heterocycles. The van der Waals surface area contributed by atoms with E-state index in [1.165, 1.54) is 32.8 Å². The highest BCUT2D eigenvalue weighted by atomic mass is 16.8. The molecule has 2 aromatic rings. The zero-order valence-corrected chi connectivity index (χ0v) is 66.2. The van der Waals surface area contributed by atoms with E-state index in [1.807, 2.05) is 111 Å². The van der Waals surface area contributed by atoms with Crippen LogP contribution in [0.2, 0.25) is 0 Å². The smallest absolute Gasteiger partial charge is 0.480 e. The van der Waals surface area contributed by atoms with Gasteiger partial charge in [0.1, 0.15) is 76.0 Å². The number of carboxylic acid groups (broad SMARTS) is 3. The predicted molar refractivity (Wildman–Crippen MR) is 376 cm³/mol. The second-order valence-electron chi connectivity index (χ2n) is 30.1. The van der Waals surface area contributed by atoms with Crippen LogP contribution in [0.3, 0.4) is 0 Å². The van der Waals surface area contributed by atoms with Crippen molar-refractivity contribution in [3.8, 4) is 0 Å². The number of aliphatic carboxylic acids is 3. The number of aliphatic hydroxyl groups is 3. The summed E-state index contributed by atoms with van der Waals surface area (Å²) in [6.07, 6.45) is -2.16. The van der Waals surface area contributed by atoms with E-state index < -0.39 is 113 Å². The largest absolute Gasteiger partial charge is 0.519 e. The predicted octanol–water partition coefficient (Wildman–Crippen LogP) is 3.72. The molecule has 0 bridgehead atoms. The lowest BCUT2D eigenvalue weighted by Crippen LogP contribution is -2.49. The Hall–Kier alpha value is -7.25. The van der Waals surface area contributed by atoms with E-state index in [4.69, 9.17) is 90.3 Å². The number of nitrogens with two attached hydrogens (primary N) is 3. The van der Waals surface area contributed by atoms with Crippen LogP contribution < -0.4 is 43.8 Å². The summed E-state index contributed by atoms with van der Waals surface area (Å²) >= 11 is 0. The first kappa shape index (κ1) is 101. The van der Waals surface area contributed by atoms with Crippen molar-refractivity contribution in [2.24, 2.45) is 22.2 Å². The topological polar surface area (TPSA) is 573 Å². The van der Waals surface area contributed by atoms with E-state index in [2.05, 4.69) is 61.1 Å². The minimum Gasteiger partial charge on any atom is -0.480 e. The highest BCUT2D eigenvalue weighted by Gasteiger charge is 2.44. The number of nitrogens with zero attached hydrogens (tertiary/aromatic N) is 6. The van der Waals surface area contributed by atoms with Crippen molar-refractivity contribution < 1.29 is 121 Å². The van der Waals surface area contributed by atoms with E-state index >= 15 is 0 Å². The molecule has 104 heavy (non-hydrogen) atoms. The van der Waals surface area contributed by atoms with Gasteiger partial charge in [0.05, 0.1) is 54.7 Å². The summed E-state index contributed by atoms with van der Waals surface area (Å²) in [5.41, 5.74) is 11.7. The quantitative estimate of drug-likeness (QED) is 0.0473. The van der Waals surface area contributed by atoms with Crippen LogP contribution in [0.25, 0.3) is 0 Å². The maximum absolute atomic E-state index is 11.7. The first-order valence-corrected chi connectivity index (χ1v) is 33.0. The monoisotopic (exact) mass is 1500 g/mol. The fourth-order valence-corrected chi connectivity index (χ4v) is 8.07. The van der Waals surface area contributed by atoms with Crippen LogP contribution in [0, 0.1) is 0 Å². The van der Waals surface area contributed by atoms with Crippen LogP contribution in [0.15, 0.2) is 26.7 Å². The highest BCUT2D eigenvalue weighted by molar-refractivity contribution is 5.89. The van der Waals surface area contributed by atoms with Crippen molar-refractivity contribution in [1.29, 1.82) is 0 Å². The van der Waals surface area contributed by atoms with Gasteiger partial charge in [0.2, 0.25) is 17.7 Å². The molecule has 0 aromatic carbocycles. The van der Waals surface area contributed by atoms with Gasteiger partial charge in [-0.2, -0.15) is 9.97 Å². The maximum Gasteiger partial charge on any atom is 0.519 e. The Labute approximate surface area is 610 Å². The summed E-state index contributed by atoms with van der Waals surface area (Å²) in [7, 11) is 5.35. The molecule has 4 fully saturated rings. The van der Waals surface area contributed by atoms with E-state index in [1.54, 1.807) is 88.2 Å². The molecule has 0 unspecified atom stereocenters. The standard InChI is InChI=1S/C10H19N3O2.C10H18O5.C9H17NO5.C8H13N3O2.C7H14N2O2.C7H13NO3.C5H9N3O2.C5H12O.C4H9NO3/c1-7-8(12-10(2,3)15-7)9(14)11-6-13(4)5;1-9(2,3)14-7(11)13-8(12)15-10(4,5)6;1-5(11)6(7(12)13)10-8(14)15-9(2,3)4;1-5-6(7-9-4-10-13-7)11-8(2,3)12-5;1-4-5(6(8)10)9-7(2,3)11-4;1-4-5(6(9)10)8-7(2,3)11-4;1-3(9)4(6)5-7-2-8-10-5;1-5(2,3)6-4;1-2(6)3(5)4(7)8/h6-8,12H,1-5H3;1-6H3;5-6,11H,1-4H3,(H,10,14)(H,12,13);4-6,11H,1-3H3;4-5,9H,1-3H3,(H2,8,10);4-5,8H,1-3H3,(H,9,10);2-4,9H,6H2,1H3;1-4H3;2-3,6H,5H2,1H3,(H,7,8)/t7-,8+;;2*5-,6+;2*4-,5+;3-,4+;;2-,3+/m1.11111.1/s1. The number of rotatable bonds is 12. The third-order valence-corrected chi connectivity index (χ3v) is 12.7. The molecular weight excluding hydrogens is 1380 g/mol. The van der Waals surface area contributed by atoms with Crippen LogP contribution >= 0.6 is 0 Å². The van der Waals surface area contributed by atoms with Gasteiger partial charge >= 0.3 is 36.3 Å². The third kappa shape index (κ3) is 46.6. The van der Waals surface area contributed by atoms with Gasteiger partial charge in [-0.25, -0.2) is 24.2 Å². The van der Waals surface area contributed by atoms with Crippen LogP contribution in [-0.2, 0) is 66.6 Å². The first-order valence-electron chi connectivity index (χ1n) is 33.0. The molecule has 6 rings (SSSR count). The third-order valence-electron chi connectivity index (χ3n) is 12.7. The lowest BCUT2D eigenvalue weighted by Gasteiger charge is -2.22. The lowest BCUT2D eigenvalue weighted by molar-refractivity contribution is -0.142. The number of nitrogens with one attached hydrogen (secondary N) is 5. The average Bonchev–Trinajstić information content (AvgIpc) is 1.65. The van der Waals surface area contributed by atoms with Crippen LogP contribution in [0.4, 0.5) is 14.4 Å². The van der Waals surface area contributed by atoms with E-state index in [9.17, 15) is 38.4 Å². The SMILES string of the molecule is CC(C)(C)OC(=O)OC(=O)OC(C)(C)C.COC(C)(C)C.C[C@@H](O)[C@H](N)C(=O)O.C[C@@H](O)[C@H](N)c1ncno1.C[C@@H](O)[C@H](NC(=O)OC(C)(C)C)C(=O)O.C[C@H]1OC(C)(C)N[C@@H]1C(=O)N=CN(C)C.C[C@H]1OC(C)(C)N[C@@H]1C(=O)O.C[C@H]1OC(C)(C)N[C@@H]1C(N)=O.C[C@H]1OC(C)(C)N[C@@H]1c1ncno1. The number of hydrogen-bond acceptors (Lipinski definition) is 32. The average molecular weight is 1500 g/mol. The minimum atomic E-state index is -1.36. The van der Waals surface area contributed by atoms with Gasteiger partial charge in [0, 0.05) is 21.2 Å². The molecule has 604 valence electrons. The number of methoxy groups -OCH3 is 1. The molecule has 39 heteroatoms. The summed E-state index contributed by atoms with van der Waals surface area (Å²) < 4.78 is 55.1. The number of carbonyl (C=O) groups is 8. The second-order valence-corrected chi connectivity index (χ2v) is 30.1. The van der Waals surface area contributed by atoms with Crippen molar-refractivity contribution in [3.63, 3.8) is 0 Å². The number of aromatic nitrogens is 4. The highest BCUT2D eigenvalue weighted by Crippen LogP contribution is 2.30. The van der Waals surface area contributed by atoms with Crippen molar-refractivity contribution in [2.45, 2.75) is 317 Å². The zero-order valence-electron chi connectivity index (χ0n) is 66.2. The van der Waals surface area contributed by atoms with E-state index in [0.29, 0.717) is 5.89 Å². The van der Waals surface area contributed by atoms with E-state index in [-0.39, 0.29) is 71.6 Å². The van der Waals surface area contributed by atoms with Gasteiger partial charge in [-0.15, -0.1) is 0 Å². The summed E-state index contributed by atoms with van der Waals surface area (Å²) in [5, 5.41) is 73.1. The number of aliphatic imine (C=N–C) groups is 1. The van der Waals surface area contributed by atoms with Gasteiger partial charge in [0.25, 0.3) is 5.91 Å². The molecule has 17 N–H and O–H groups in total. The molecule has 2 aromatic heterocycles. The number of hydrogen-bond donors (Lipinski definition) is 14. The number of aliphatic hydroxyl groups excluding tert-OH is 3. The molecule has 6 heterocycles. The lowest BCUT2D eigenvalue weighted by atomic mass is 10.2. The molecule has 3 amide bonds. The maximum atomic E-state index is 11.7. The Bertz CT molecular complexity index is 2840. The fraction of sp³-hybridized carbons (Fsp3) is 0.800. The van der Waals surface area contributed by atoms with Gasteiger partial charge in [-0.3, -0.25) is 40.4 Å². The van der Waals surface area contributed by atoms with Crippen LogP contribution in [-0.4, -0.2) is 250 Å². The number of alkyl carbamates (subject to hydrolysis) is 1. The van der Waals surface area contributed by atoms with Crippen LogP contribution in [0.1, 0.15) is 211 Å². The number of amides is 3. The molecule has 4 aliphatic heterocycles. The first-order chi connectivity index (χ1) is 46.7. The van der Waals surface area contributed by atoms with Gasteiger partial charge in [-0.05, 0) is 187 Å². The number of carbonyl (C=O) groups excluding carboxylic acids is 5. The van der Waals surface area contributed by atoms with Crippen molar-refractivity contribution in [2.75, 3.05) is 21.2 Å². The molecule has 0 spiro atoms. The minimum absolute atomic E-state index is 0.00231. The molecule has 14 atom stereocenters. The molecule has 39 nitrogen and oxygen atoms in total. The Kier molecular flexibility index (Phi) is 42.7. The van der Waals surface area contributed by atoms with Crippen molar-refractivity contribution in [3.05, 3.63) is 24.4 Å². The van der Waals surface area contributed by atoms with Crippen LogP contribution in [0.5, 0.6) is 0 Å². The van der Waals surface area contributed by atoms with Crippen molar-refractivity contribution in [1.82, 2.24) is 51.8 Å². The summed E-state index contributed by atoms with van der Waals surface area (Å²) in [5.74, 6) is -3.06. The zero-order chi connectivity index (χ0) is 82.4. The molecular formula is C65H124N14O25. The number of carboxylic acids is 3. The van der Waals surface area contributed by atoms with Gasteiger partial charge < -0.3 is 110 Å². The van der Waals surface area contributed by atoms with E-state index in [0.717, 1.165) is 0 Å². The van der Waals surface area contributed by atoms with Gasteiger partial charge in [0.15, 0.2) is 18.7 Å². The summed E-state index contributed by atoms with van der Waals surface area (Å²) in [4.78, 5) is 99.9. The Morgan fingerprint density at radius 1 is 0.577 bits per heavy atom. The van der Waals surface area contributed by atoms with Crippen molar-refractivity contribution >= 4 is 54.5 Å². The Morgan fingerprint density at radius 2 is 0.962 bits per heavy atom. The molecule has 4 aliphatic rings. The fourth-order valence-electron chi connectivity index (χ4n) is 8.07. The normalized spacial score (nSPS) is 23.4. The molecule has 0 radical (unpaired) electrons. The molecule has 0 aliphatic carbocycles. The summed E-state index contributed by atoms with van der Waals surface area (Å²) in [6.45, 7) is 47.8. The summed E-state index contributed by atoms with van der Waals surface area (Å²) in [6, 6.07) is -4.39. The van der Waals surface area contributed by atoms with Gasteiger partial charge in [-0.1, -0.05) is 10.3 Å².